The van der Waals surface area contributed by atoms with Crippen molar-refractivity contribution in [1.29, 1.82) is 0 Å². The molecule has 0 aliphatic carbocycles. The van der Waals surface area contributed by atoms with Crippen LogP contribution in [0, 0.1) is 0 Å². The highest BCUT2D eigenvalue weighted by atomic mass is 16.2. The van der Waals surface area contributed by atoms with Crippen LogP contribution in [0.4, 0.5) is 11.4 Å². The summed E-state index contributed by atoms with van der Waals surface area (Å²) in [4.78, 5) is 15.1. The minimum Gasteiger partial charge on any atom is -0.351 e. The van der Waals surface area contributed by atoms with Gasteiger partial charge in [-0.2, -0.15) is 0 Å². The van der Waals surface area contributed by atoms with E-state index in [1.165, 1.54) is 5.56 Å². The Hall–Kier alpha value is -3.33. The molecule has 4 rings (SSSR count). The van der Waals surface area contributed by atoms with Crippen LogP contribution in [-0.2, 0) is 4.79 Å². The number of nitrogens with zero attached hydrogens (tertiary/aromatic N) is 1. The second kappa shape index (κ2) is 7.73. The van der Waals surface area contributed by atoms with Crippen molar-refractivity contribution in [3.63, 3.8) is 0 Å². The number of benzene rings is 3. The molecule has 0 bridgehead atoms. The van der Waals surface area contributed by atoms with E-state index in [1.807, 2.05) is 71.6 Å². The molecule has 0 radical (unpaired) electrons. The molecule has 0 spiro atoms. The molecule has 3 aromatic rings. The molecule has 1 N–H and O–H groups in total. The Morgan fingerprint density at radius 2 is 1.43 bits per heavy atom. The lowest BCUT2D eigenvalue weighted by Crippen LogP contribution is -2.30. The number of hydrogen-bond donors (Lipinski definition) is 1. The Kier molecular flexibility index (Phi) is 4.98. The molecule has 1 heterocycles. The third-order valence-corrected chi connectivity index (χ3v) is 5.08. The van der Waals surface area contributed by atoms with E-state index in [4.69, 9.17) is 0 Å². The summed E-state index contributed by atoms with van der Waals surface area (Å²) in [7, 11) is 0. The first-order chi connectivity index (χ1) is 13.6. The summed E-state index contributed by atoms with van der Waals surface area (Å²) in [6.07, 6.45) is 2.02. The number of hydrogen-bond acceptors (Lipinski definition) is 2. The van der Waals surface area contributed by atoms with Gasteiger partial charge in [0.2, 0.25) is 0 Å². The number of anilines is 2. The third kappa shape index (κ3) is 3.56. The van der Waals surface area contributed by atoms with Gasteiger partial charge in [-0.1, -0.05) is 74.5 Å². The van der Waals surface area contributed by atoms with Gasteiger partial charge in [0.15, 0.2) is 0 Å². The van der Waals surface area contributed by atoms with E-state index in [-0.39, 0.29) is 11.9 Å². The van der Waals surface area contributed by atoms with Gasteiger partial charge in [0.05, 0.1) is 6.04 Å². The Morgan fingerprint density at radius 3 is 2.04 bits per heavy atom. The lowest BCUT2D eigenvalue weighted by atomic mass is 9.99. The average molecular weight is 368 g/mol. The molecule has 1 aliphatic rings. The van der Waals surface area contributed by atoms with Crippen LogP contribution in [-0.4, -0.2) is 5.91 Å². The molecule has 3 aromatic carbocycles. The van der Waals surface area contributed by atoms with Crippen LogP contribution in [0.15, 0.2) is 96.7 Å². The molecule has 28 heavy (non-hydrogen) atoms. The summed E-state index contributed by atoms with van der Waals surface area (Å²) in [5.74, 6) is 0.461. The minimum absolute atomic E-state index is 0.0204. The fourth-order valence-corrected chi connectivity index (χ4v) is 3.52. The molecule has 1 atom stereocenters. The zero-order valence-corrected chi connectivity index (χ0v) is 16.2. The molecule has 0 aromatic heterocycles. The Balaban J connectivity index is 1.71. The second-order valence-electron chi connectivity index (χ2n) is 7.35. The molecule has 0 saturated carbocycles. The van der Waals surface area contributed by atoms with Crippen molar-refractivity contribution in [3.8, 4) is 0 Å². The minimum atomic E-state index is -0.137. The number of carbonyl (C=O) groups excluding carboxylic acids is 1. The SMILES string of the molecule is CC(C)c1ccc(C2C=C(Nc3ccccc3)C(=O)N2c2ccccc2)cc1. The van der Waals surface area contributed by atoms with E-state index in [0.29, 0.717) is 11.6 Å². The predicted molar refractivity (Wildman–Crippen MR) is 115 cm³/mol. The van der Waals surface area contributed by atoms with Crippen molar-refractivity contribution < 1.29 is 4.79 Å². The van der Waals surface area contributed by atoms with E-state index >= 15 is 0 Å². The number of para-hydroxylation sites is 2. The first-order valence-corrected chi connectivity index (χ1v) is 9.66. The quantitative estimate of drug-likeness (QED) is 0.608. The van der Waals surface area contributed by atoms with E-state index in [1.54, 1.807) is 0 Å². The molecule has 3 nitrogen and oxygen atoms in total. The van der Waals surface area contributed by atoms with Crippen molar-refractivity contribution in [3.05, 3.63) is 108 Å². The Labute approximate surface area is 166 Å². The van der Waals surface area contributed by atoms with Gasteiger partial charge in [0.25, 0.3) is 5.91 Å². The maximum absolute atomic E-state index is 13.3. The summed E-state index contributed by atoms with van der Waals surface area (Å²) in [6, 6.07) is 28.1. The van der Waals surface area contributed by atoms with Gasteiger partial charge in [-0.15, -0.1) is 0 Å². The largest absolute Gasteiger partial charge is 0.351 e. The fraction of sp³-hybridized carbons (Fsp3) is 0.160. The number of nitrogens with one attached hydrogen (secondary N) is 1. The van der Waals surface area contributed by atoms with Gasteiger partial charge < -0.3 is 5.32 Å². The summed E-state index contributed by atoms with van der Waals surface area (Å²) in [6.45, 7) is 4.37. The first-order valence-electron chi connectivity index (χ1n) is 9.66. The highest BCUT2D eigenvalue weighted by molar-refractivity contribution is 6.11. The molecule has 0 saturated heterocycles. The van der Waals surface area contributed by atoms with Crippen molar-refractivity contribution in [2.75, 3.05) is 10.2 Å². The van der Waals surface area contributed by atoms with Crippen LogP contribution in [0.25, 0.3) is 0 Å². The normalized spacial score (nSPS) is 16.4. The third-order valence-electron chi connectivity index (χ3n) is 5.08. The molecule has 140 valence electrons. The van der Waals surface area contributed by atoms with Crippen LogP contribution >= 0.6 is 0 Å². The monoisotopic (exact) mass is 368 g/mol. The zero-order valence-electron chi connectivity index (χ0n) is 16.2. The van der Waals surface area contributed by atoms with Crippen LogP contribution in [0.1, 0.15) is 36.9 Å². The highest BCUT2D eigenvalue weighted by Gasteiger charge is 2.34. The number of amides is 1. The van der Waals surface area contributed by atoms with E-state index in [9.17, 15) is 4.79 Å². The lowest BCUT2D eigenvalue weighted by Gasteiger charge is -2.25. The first kappa shape index (κ1) is 18.1. The van der Waals surface area contributed by atoms with Crippen LogP contribution in [0.3, 0.4) is 0 Å². The van der Waals surface area contributed by atoms with Gasteiger partial charge in [-0.3, -0.25) is 9.69 Å². The Bertz CT molecular complexity index is 976. The predicted octanol–water partition coefficient (Wildman–Crippen LogP) is 5.89. The van der Waals surface area contributed by atoms with Gasteiger partial charge >= 0.3 is 0 Å². The average Bonchev–Trinajstić information content (AvgIpc) is 3.05. The summed E-state index contributed by atoms with van der Waals surface area (Å²) < 4.78 is 0. The molecule has 3 heteroatoms. The highest BCUT2D eigenvalue weighted by Crippen LogP contribution is 2.36. The molecule has 1 amide bonds. The zero-order chi connectivity index (χ0) is 19.5. The van der Waals surface area contributed by atoms with Crippen LogP contribution in [0.2, 0.25) is 0 Å². The van der Waals surface area contributed by atoms with Gasteiger partial charge in [0.1, 0.15) is 5.70 Å². The maximum Gasteiger partial charge on any atom is 0.275 e. The summed E-state index contributed by atoms with van der Waals surface area (Å²) in [5.41, 5.74) is 4.81. The molecule has 1 unspecified atom stereocenters. The van der Waals surface area contributed by atoms with Crippen molar-refractivity contribution in [2.24, 2.45) is 0 Å². The van der Waals surface area contributed by atoms with Crippen molar-refractivity contribution in [2.45, 2.75) is 25.8 Å². The number of carbonyl (C=O) groups is 1. The van der Waals surface area contributed by atoms with Crippen LogP contribution < -0.4 is 10.2 Å². The van der Waals surface area contributed by atoms with Crippen LogP contribution in [0.5, 0.6) is 0 Å². The van der Waals surface area contributed by atoms with E-state index in [2.05, 4.69) is 43.4 Å². The van der Waals surface area contributed by atoms with Gasteiger partial charge in [-0.05, 0) is 47.4 Å². The van der Waals surface area contributed by atoms with E-state index < -0.39 is 0 Å². The summed E-state index contributed by atoms with van der Waals surface area (Å²) >= 11 is 0. The Morgan fingerprint density at radius 1 is 0.821 bits per heavy atom. The number of rotatable bonds is 5. The topological polar surface area (TPSA) is 32.3 Å². The fourth-order valence-electron chi connectivity index (χ4n) is 3.52. The van der Waals surface area contributed by atoms with Gasteiger partial charge in [-0.25, -0.2) is 0 Å². The van der Waals surface area contributed by atoms with Gasteiger partial charge in [0, 0.05) is 11.4 Å². The summed E-state index contributed by atoms with van der Waals surface area (Å²) in [5, 5.41) is 3.29. The van der Waals surface area contributed by atoms with Crippen molar-refractivity contribution in [1.82, 2.24) is 0 Å². The molecular formula is C25H24N2O. The van der Waals surface area contributed by atoms with Crippen molar-refractivity contribution >= 4 is 17.3 Å². The second-order valence-corrected chi connectivity index (χ2v) is 7.35. The molecule has 1 aliphatic heterocycles. The van der Waals surface area contributed by atoms with E-state index in [0.717, 1.165) is 16.9 Å². The molecule has 0 fully saturated rings. The maximum atomic E-state index is 13.3. The standard InChI is InChI=1S/C25H24N2O/c1-18(2)19-13-15-20(16-14-19)24-17-23(26-21-9-5-3-6-10-21)25(28)27(24)22-11-7-4-8-12-22/h3-18,24,26H,1-2H3. The smallest absolute Gasteiger partial charge is 0.275 e. The lowest BCUT2D eigenvalue weighted by molar-refractivity contribution is -0.114. The molecular weight excluding hydrogens is 344 g/mol.